The molecular weight excluding hydrogens is 272 g/mol. The molecule has 4 rings (SSSR count). The number of aromatic nitrogens is 6. The summed E-state index contributed by atoms with van der Waals surface area (Å²) in [5.74, 6) is 0.765. The van der Waals surface area contributed by atoms with Crippen LogP contribution in [0.3, 0.4) is 0 Å². The Morgan fingerprint density at radius 3 is 2.90 bits per heavy atom. The second-order valence-electron chi connectivity index (χ2n) is 5.31. The third-order valence-electron chi connectivity index (χ3n) is 3.90. The first kappa shape index (κ1) is 12.2. The van der Waals surface area contributed by atoms with Crippen molar-refractivity contribution in [1.29, 1.82) is 0 Å². The maximum Gasteiger partial charge on any atom is 0.279 e. The van der Waals surface area contributed by atoms with E-state index in [1.165, 1.54) is 19.2 Å². The molecule has 0 amide bonds. The van der Waals surface area contributed by atoms with Crippen LogP contribution in [-0.2, 0) is 0 Å². The van der Waals surface area contributed by atoms with Crippen LogP contribution in [-0.4, -0.2) is 29.9 Å². The van der Waals surface area contributed by atoms with Gasteiger partial charge in [-0.15, -0.1) is 0 Å². The summed E-state index contributed by atoms with van der Waals surface area (Å²) in [5.41, 5.74) is 0.749. The Kier molecular flexibility index (Phi) is 2.63. The van der Waals surface area contributed by atoms with E-state index < -0.39 is 0 Å². The Labute approximate surface area is 119 Å². The highest BCUT2D eigenvalue weighted by atomic mass is 16.5. The van der Waals surface area contributed by atoms with Crippen LogP contribution in [0.15, 0.2) is 15.6 Å². The van der Waals surface area contributed by atoms with Crippen molar-refractivity contribution in [3.8, 4) is 11.6 Å². The molecule has 108 valence electrons. The molecule has 3 heterocycles. The van der Waals surface area contributed by atoms with Gasteiger partial charge in [0.15, 0.2) is 17.2 Å². The van der Waals surface area contributed by atoms with Crippen molar-refractivity contribution < 1.29 is 4.52 Å². The first-order valence-corrected chi connectivity index (χ1v) is 7.00. The van der Waals surface area contributed by atoms with Gasteiger partial charge in [-0.05, 0) is 19.8 Å². The molecule has 1 aliphatic rings. The Balaban J connectivity index is 2.00. The van der Waals surface area contributed by atoms with E-state index in [-0.39, 0.29) is 17.5 Å². The largest absolute Gasteiger partial charge is 0.332 e. The second kappa shape index (κ2) is 4.51. The van der Waals surface area contributed by atoms with Gasteiger partial charge in [-0.25, -0.2) is 9.67 Å². The van der Waals surface area contributed by atoms with E-state index in [1.54, 1.807) is 6.92 Å². The van der Waals surface area contributed by atoms with Gasteiger partial charge in [0.05, 0.1) is 12.4 Å². The molecule has 1 saturated carbocycles. The van der Waals surface area contributed by atoms with Gasteiger partial charge in [-0.2, -0.15) is 10.1 Å². The molecular formula is C13H14N6O2. The summed E-state index contributed by atoms with van der Waals surface area (Å²) < 4.78 is 7.01. The fourth-order valence-electron chi connectivity index (χ4n) is 2.93. The maximum absolute atomic E-state index is 12.2. The molecule has 0 saturated heterocycles. The number of nitrogens with one attached hydrogen (secondary N) is 1. The SMILES string of the molecule is Cc1noc(-c2nn(C3CCCC3)c3nc[nH]c(=O)c23)n1. The summed E-state index contributed by atoms with van der Waals surface area (Å²) in [6.07, 6.45) is 5.84. The van der Waals surface area contributed by atoms with Crippen molar-refractivity contribution in [2.45, 2.75) is 38.6 Å². The predicted molar refractivity (Wildman–Crippen MR) is 73.7 cm³/mol. The van der Waals surface area contributed by atoms with Crippen LogP contribution >= 0.6 is 0 Å². The van der Waals surface area contributed by atoms with Crippen molar-refractivity contribution in [2.24, 2.45) is 0 Å². The fraction of sp³-hybridized carbons (Fsp3) is 0.462. The molecule has 0 bridgehead atoms. The van der Waals surface area contributed by atoms with E-state index in [1.807, 2.05) is 4.68 Å². The average molecular weight is 286 g/mol. The zero-order chi connectivity index (χ0) is 14.4. The summed E-state index contributed by atoms with van der Waals surface area (Å²) in [6.45, 7) is 1.73. The van der Waals surface area contributed by atoms with Gasteiger partial charge in [-0.3, -0.25) is 4.79 Å². The normalized spacial score (nSPS) is 16.0. The third kappa shape index (κ3) is 1.86. The van der Waals surface area contributed by atoms with Gasteiger partial charge in [0, 0.05) is 0 Å². The van der Waals surface area contributed by atoms with Crippen LogP contribution in [0.5, 0.6) is 0 Å². The molecule has 0 radical (unpaired) electrons. The minimum atomic E-state index is -0.241. The van der Waals surface area contributed by atoms with Crippen molar-refractivity contribution >= 4 is 11.0 Å². The van der Waals surface area contributed by atoms with E-state index in [2.05, 4.69) is 25.2 Å². The standard InChI is InChI=1S/C13H14N6O2/c1-7-16-13(21-18-7)10-9-11(14-6-15-12(9)20)19(17-10)8-4-2-3-5-8/h6,8H,2-5H2,1H3,(H,14,15,20). The van der Waals surface area contributed by atoms with E-state index in [9.17, 15) is 4.79 Å². The highest BCUT2D eigenvalue weighted by Crippen LogP contribution is 2.33. The Bertz CT molecular complexity index is 855. The van der Waals surface area contributed by atoms with E-state index in [4.69, 9.17) is 4.52 Å². The van der Waals surface area contributed by atoms with Gasteiger partial charge in [0.1, 0.15) is 5.39 Å². The van der Waals surface area contributed by atoms with Crippen LogP contribution < -0.4 is 5.56 Å². The Morgan fingerprint density at radius 2 is 2.19 bits per heavy atom. The molecule has 8 heteroatoms. The van der Waals surface area contributed by atoms with Crippen molar-refractivity contribution in [1.82, 2.24) is 29.9 Å². The van der Waals surface area contributed by atoms with Crippen molar-refractivity contribution in [2.75, 3.05) is 0 Å². The lowest BCUT2D eigenvalue weighted by molar-refractivity contribution is 0.421. The van der Waals surface area contributed by atoms with Crippen LogP contribution in [0, 0.1) is 6.92 Å². The number of hydrogen-bond acceptors (Lipinski definition) is 6. The van der Waals surface area contributed by atoms with E-state index in [0.29, 0.717) is 22.6 Å². The summed E-state index contributed by atoms with van der Waals surface area (Å²) in [5, 5.41) is 8.73. The highest BCUT2D eigenvalue weighted by molar-refractivity contribution is 5.87. The molecule has 8 nitrogen and oxygen atoms in total. The number of hydrogen-bond donors (Lipinski definition) is 1. The van der Waals surface area contributed by atoms with Gasteiger partial charge < -0.3 is 9.51 Å². The van der Waals surface area contributed by atoms with E-state index >= 15 is 0 Å². The number of rotatable bonds is 2. The molecule has 1 fully saturated rings. The monoisotopic (exact) mass is 286 g/mol. The predicted octanol–water partition coefficient (Wildman–Crippen LogP) is 1.59. The molecule has 1 N–H and O–H groups in total. The molecule has 0 aliphatic heterocycles. The lowest BCUT2D eigenvalue weighted by Crippen LogP contribution is -2.10. The number of aryl methyl sites for hydroxylation is 1. The molecule has 1 aliphatic carbocycles. The fourth-order valence-corrected chi connectivity index (χ4v) is 2.93. The summed E-state index contributed by atoms with van der Waals surface area (Å²) in [4.78, 5) is 23.2. The first-order valence-electron chi connectivity index (χ1n) is 7.00. The zero-order valence-corrected chi connectivity index (χ0v) is 11.5. The number of H-pyrrole nitrogens is 1. The molecule has 0 aromatic carbocycles. The van der Waals surface area contributed by atoms with Gasteiger partial charge in [0.2, 0.25) is 0 Å². The summed E-state index contributed by atoms with van der Waals surface area (Å²) in [6, 6.07) is 0.277. The lowest BCUT2D eigenvalue weighted by Gasteiger charge is -2.09. The molecule has 0 unspecified atom stereocenters. The second-order valence-corrected chi connectivity index (χ2v) is 5.31. The highest BCUT2D eigenvalue weighted by Gasteiger charge is 2.26. The number of nitrogens with zero attached hydrogens (tertiary/aromatic N) is 5. The van der Waals surface area contributed by atoms with Crippen LogP contribution in [0.1, 0.15) is 37.5 Å². The molecule has 3 aromatic heterocycles. The van der Waals surface area contributed by atoms with Crippen molar-refractivity contribution in [3.63, 3.8) is 0 Å². The van der Waals surface area contributed by atoms with Crippen LogP contribution in [0.4, 0.5) is 0 Å². The number of aromatic amines is 1. The Morgan fingerprint density at radius 1 is 1.38 bits per heavy atom. The molecule has 21 heavy (non-hydrogen) atoms. The van der Waals surface area contributed by atoms with Gasteiger partial charge >= 0.3 is 0 Å². The Hall–Kier alpha value is -2.51. The van der Waals surface area contributed by atoms with E-state index in [0.717, 1.165) is 12.8 Å². The van der Waals surface area contributed by atoms with Gasteiger partial charge in [0.25, 0.3) is 11.4 Å². The van der Waals surface area contributed by atoms with Crippen LogP contribution in [0.25, 0.3) is 22.6 Å². The third-order valence-corrected chi connectivity index (χ3v) is 3.90. The van der Waals surface area contributed by atoms with Crippen molar-refractivity contribution in [3.05, 3.63) is 22.5 Å². The topological polar surface area (TPSA) is 102 Å². The lowest BCUT2D eigenvalue weighted by atomic mass is 10.2. The average Bonchev–Trinajstić information content (AvgIpc) is 3.16. The minimum Gasteiger partial charge on any atom is -0.332 e. The molecule has 3 aromatic rings. The summed E-state index contributed by atoms with van der Waals surface area (Å²) in [7, 11) is 0. The molecule has 0 spiro atoms. The number of fused-ring (bicyclic) bond motifs is 1. The molecule has 0 atom stereocenters. The maximum atomic E-state index is 12.2. The zero-order valence-electron chi connectivity index (χ0n) is 11.5. The first-order chi connectivity index (χ1) is 10.2. The van der Waals surface area contributed by atoms with Crippen LogP contribution in [0.2, 0.25) is 0 Å². The minimum absolute atomic E-state index is 0.241. The quantitative estimate of drug-likeness (QED) is 0.767. The van der Waals surface area contributed by atoms with Gasteiger partial charge in [-0.1, -0.05) is 18.0 Å². The summed E-state index contributed by atoms with van der Waals surface area (Å²) >= 11 is 0. The smallest absolute Gasteiger partial charge is 0.279 e.